The first-order valence-corrected chi connectivity index (χ1v) is 7.51. The molecule has 1 unspecified atom stereocenters. The van der Waals surface area contributed by atoms with E-state index in [4.69, 9.17) is 0 Å². The normalized spacial score (nSPS) is 26.6. The Morgan fingerprint density at radius 1 is 1.26 bits per heavy atom. The lowest BCUT2D eigenvalue weighted by atomic mass is 10.1. The zero-order valence-electron chi connectivity index (χ0n) is 10.1. The number of benzene rings is 1. The monoisotopic (exact) mass is 279 g/mol. The first-order chi connectivity index (χ1) is 9.06. The van der Waals surface area contributed by atoms with Gasteiger partial charge in [-0.05, 0) is 18.6 Å². The number of hydrogen-bond acceptors (Lipinski definition) is 4. The van der Waals surface area contributed by atoms with Gasteiger partial charge >= 0.3 is 0 Å². The van der Waals surface area contributed by atoms with Gasteiger partial charge in [0.05, 0.1) is 10.9 Å². The topological polar surface area (TPSA) is 87.6 Å². The number of rotatable bonds is 1. The Hall–Kier alpha value is -1.89. The molecule has 0 spiro atoms. The average molecular weight is 279 g/mol. The molecule has 3 rings (SSSR count). The van der Waals surface area contributed by atoms with Crippen LogP contribution in [0.25, 0.3) is 0 Å². The predicted molar refractivity (Wildman–Crippen MR) is 69.3 cm³/mol. The smallest absolute Gasteiger partial charge is 0.263 e. The van der Waals surface area contributed by atoms with Crippen molar-refractivity contribution in [3.63, 3.8) is 0 Å². The van der Waals surface area contributed by atoms with E-state index in [-0.39, 0.29) is 16.8 Å². The summed E-state index contributed by atoms with van der Waals surface area (Å²) in [7, 11) is -3.48. The van der Waals surface area contributed by atoms with E-state index in [1.54, 1.807) is 24.3 Å². The average Bonchev–Trinajstić information content (AvgIpc) is 2.65. The molecule has 0 radical (unpaired) electrons. The van der Waals surface area contributed by atoms with Crippen LogP contribution in [0.15, 0.2) is 34.2 Å². The highest BCUT2D eigenvalue weighted by Crippen LogP contribution is 2.23. The molecule has 0 bridgehead atoms. The summed E-state index contributed by atoms with van der Waals surface area (Å²) in [6.45, 7) is 0.451. The summed E-state index contributed by atoms with van der Waals surface area (Å²) in [6, 6.07) is 6.67. The molecule has 1 fully saturated rings. The molecule has 2 aliphatic rings. The number of carbonyl (C=O) groups is 1. The molecule has 1 aromatic carbocycles. The fourth-order valence-electron chi connectivity index (χ4n) is 2.24. The van der Waals surface area contributed by atoms with Crippen molar-refractivity contribution in [3.05, 3.63) is 29.8 Å². The predicted octanol–water partition coefficient (Wildman–Crippen LogP) is 0.00370. The van der Waals surface area contributed by atoms with Crippen LogP contribution < -0.4 is 10.0 Å². The summed E-state index contributed by atoms with van der Waals surface area (Å²) in [5, 5.41) is 2.73. The van der Waals surface area contributed by atoms with Gasteiger partial charge in [0, 0.05) is 18.5 Å². The minimum atomic E-state index is -3.48. The SMILES string of the molecule is O=C1CCC(N=C2NS(=O)(=O)c3ccccc32)CN1. The van der Waals surface area contributed by atoms with Crippen LogP contribution >= 0.6 is 0 Å². The van der Waals surface area contributed by atoms with Crippen molar-refractivity contribution in [2.24, 2.45) is 4.99 Å². The number of nitrogens with zero attached hydrogens (tertiary/aromatic N) is 1. The molecular weight excluding hydrogens is 266 g/mol. The number of nitrogens with one attached hydrogen (secondary N) is 2. The minimum Gasteiger partial charge on any atom is -0.354 e. The number of carbonyl (C=O) groups excluding carboxylic acids is 1. The van der Waals surface area contributed by atoms with Gasteiger partial charge in [0.15, 0.2) is 0 Å². The lowest BCUT2D eigenvalue weighted by molar-refractivity contribution is -0.122. The third-order valence-corrected chi connectivity index (χ3v) is 4.61. The lowest BCUT2D eigenvalue weighted by Crippen LogP contribution is -2.38. The fraction of sp³-hybridized carbons (Fsp3) is 0.333. The molecule has 1 atom stereocenters. The van der Waals surface area contributed by atoms with E-state index >= 15 is 0 Å². The van der Waals surface area contributed by atoms with Gasteiger partial charge in [0.1, 0.15) is 5.84 Å². The maximum Gasteiger partial charge on any atom is 0.263 e. The van der Waals surface area contributed by atoms with E-state index < -0.39 is 10.0 Å². The molecule has 2 heterocycles. The second-order valence-corrected chi connectivity index (χ2v) is 6.23. The maximum atomic E-state index is 11.9. The number of aliphatic imine (C=N–C) groups is 1. The first-order valence-electron chi connectivity index (χ1n) is 6.03. The zero-order valence-corrected chi connectivity index (χ0v) is 10.9. The number of amidine groups is 1. The van der Waals surface area contributed by atoms with Crippen LogP contribution in [-0.4, -0.2) is 32.7 Å². The standard InChI is InChI=1S/C12H13N3O3S/c16-11-6-5-8(7-13-11)14-12-9-3-1-2-4-10(9)19(17,18)15-12/h1-4,8H,5-7H2,(H,13,16)(H,14,15). The molecule has 19 heavy (non-hydrogen) atoms. The quantitative estimate of drug-likeness (QED) is 0.758. The van der Waals surface area contributed by atoms with Crippen LogP contribution in [0.4, 0.5) is 0 Å². The molecule has 100 valence electrons. The number of amides is 1. The second-order valence-electron chi connectivity index (χ2n) is 4.58. The molecule has 0 aromatic heterocycles. The Morgan fingerprint density at radius 2 is 2.05 bits per heavy atom. The third kappa shape index (κ3) is 2.21. The van der Waals surface area contributed by atoms with E-state index in [9.17, 15) is 13.2 Å². The Kier molecular flexibility index (Phi) is 2.78. The van der Waals surface area contributed by atoms with Crippen LogP contribution in [-0.2, 0) is 14.8 Å². The van der Waals surface area contributed by atoms with Gasteiger partial charge < -0.3 is 5.32 Å². The van der Waals surface area contributed by atoms with E-state index in [0.717, 1.165) is 0 Å². The molecule has 0 saturated carbocycles. The summed E-state index contributed by atoms with van der Waals surface area (Å²) in [6.07, 6.45) is 1.06. The van der Waals surface area contributed by atoms with Gasteiger partial charge in [-0.1, -0.05) is 12.1 Å². The van der Waals surface area contributed by atoms with Crippen LogP contribution in [0.3, 0.4) is 0 Å². The minimum absolute atomic E-state index is 0.0175. The number of sulfonamides is 1. The van der Waals surface area contributed by atoms with Crippen LogP contribution in [0, 0.1) is 0 Å². The van der Waals surface area contributed by atoms with Crippen molar-refractivity contribution in [2.45, 2.75) is 23.8 Å². The van der Waals surface area contributed by atoms with Crippen molar-refractivity contribution < 1.29 is 13.2 Å². The number of fused-ring (bicyclic) bond motifs is 1. The highest BCUT2D eigenvalue weighted by molar-refractivity contribution is 7.90. The van der Waals surface area contributed by atoms with Gasteiger partial charge in [-0.3, -0.25) is 14.5 Å². The number of piperidine rings is 1. The summed E-state index contributed by atoms with van der Waals surface area (Å²) >= 11 is 0. The third-order valence-electron chi connectivity index (χ3n) is 3.21. The lowest BCUT2D eigenvalue weighted by Gasteiger charge is -2.19. The molecule has 2 aliphatic heterocycles. The van der Waals surface area contributed by atoms with Crippen molar-refractivity contribution in [1.82, 2.24) is 10.0 Å². The van der Waals surface area contributed by atoms with Gasteiger partial charge in [-0.15, -0.1) is 0 Å². The maximum absolute atomic E-state index is 11.9. The molecule has 0 aliphatic carbocycles. The highest BCUT2D eigenvalue weighted by Gasteiger charge is 2.31. The fourth-order valence-corrected chi connectivity index (χ4v) is 3.48. The van der Waals surface area contributed by atoms with E-state index in [2.05, 4.69) is 15.0 Å². The van der Waals surface area contributed by atoms with E-state index in [1.165, 1.54) is 0 Å². The van der Waals surface area contributed by atoms with E-state index in [0.29, 0.717) is 30.8 Å². The van der Waals surface area contributed by atoms with E-state index in [1.807, 2.05) is 0 Å². The van der Waals surface area contributed by atoms with Gasteiger partial charge in [-0.25, -0.2) is 8.42 Å². The van der Waals surface area contributed by atoms with Crippen LogP contribution in [0.5, 0.6) is 0 Å². The number of hydrogen-bond donors (Lipinski definition) is 2. The summed E-state index contributed by atoms with van der Waals surface area (Å²) in [4.78, 5) is 15.8. The van der Waals surface area contributed by atoms with Crippen LogP contribution in [0.1, 0.15) is 18.4 Å². The zero-order chi connectivity index (χ0) is 13.5. The Labute approximate surface area is 111 Å². The summed E-state index contributed by atoms with van der Waals surface area (Å²) in [5.41, 5.74) is 0.597. The molecule has 2 N–H and O–H groups in total. The Balaban J connectivity index is 1.93. The molecular formula is C12H13N3O3S. The van der Waals surface area contributed by atoms with Crippen molar-refractivity contribution in [2.75, 3.05) is 6.54 Å². The Bertz CT molecular complexity index is 657. The van der Waals surface area contributed by atoms with Crippen molar-refractivity contribution in [1.29, 1.82) is 0 Å². The van der Waals surface area contributed by atoms with Crippen molar-refractivity contribution in [3.8, 4) is 0 Å². The van der Waals surface area contributed by atoms with Gasteiger partial charge in [0.2, 0.25) is 5.91 Å². The Morgan fingerprint density at radius 3 is 2.79 bits per heavy atom. The second kappa shape index (κ2) is 4.34. The molecule has 1 amide bonds. The van der Waals surface area contributed by atoms with Gasteiger partial charge in [-0.2, -0.15) is 0 Å². The molecule has 7 heteroatoms. The molecule has 1 aromatic rings. The summed E-state index contributed by atoms with van der Waals surface area (Å²) in [5.74, 6) is 0.389. The molecule has 1 saturated heterocycles. The summed E-state index contributed by atoms with van der Waals surface area (Å²) < 4.78 is 26.3. The highest BCUT2D eigenvalue weighted by atomic mass is 32.2. The van der Waals surface area contributed by atoms with Gasteiger partial charge in [0.25, 0.3) is 10.0 Å². The largest absolute Gasteiger partial charge is 0.354 e. The molecule has 6 nitrogen and oxygen atoms in total. The van der Waals surface area contributed by atoms with Crippen LogP contribution in [0.2, 0.25) is 0 Å². The first kappa shape index (κ1) is 12.2. The van der Waals surface area contributed by atoms with Crippen molar-refractivity contribution >= 4 is 21.8 Å².